The third-order valence-electron chi connectivity index (χ3n) is 5.98. The molecular weight excluding hydrogens is 424 g/mol. The molecule has 0 spiro atoms. The van der Waals surface area contributed by atoms with Gasteiger partial charge in [-0.05, 0) is 68.1 Å². The van der Waals surface area contributed by atoms with E-state index in [1.54, 1.807) is 12.1 Å². The van der Waals surface area contributed by atoms with Gasteiger partial charge in [0, 0.05) is 0 Å². The first-order valence-electron chi connectivity index (χ1n) is 13.3. The van der Waals surface area contributed by atoms with E-state index >= 15 is 0 Å². The molecule has 0 aromatic heterocycles. The molecule has 0 aliphatic heterocycles. The summed E-state index contributed by atoms with van der Waals surface area (Å²) in [4.78, 5) is 12.5. The van der Waals surface area contributed by atoms with Gasteiger partial charge in [0.2, 0.25) is 0 Å². The van der Waals surface area contributed by atoms with Gasteiger partial charge in [-0.3, -0.25) is 0 Å². The topological polar surface area (TPSA) is 44.8 Å². The van der Waals surface area contributed by atoms with E-state index in [2.05, 4.69) is 20.8 Å². The van der Waals surface area contributed by atoms with Crippen molar-refractivity contribution < 1.29 is 19.0 Å². The lowest BCUT2D eigenvalue weighted by molar-refractivity contribution is 0.0621. The van der Waals surface area contributed by atoms with Gasteiger partial charge in [0.05, 0.1) is 24.9 Å². The summed E-state index contributed by atoms with van der Waals surface area (Å²) >= 11 is 0. The van der Waals surface area contributed by atoms with E-state index in [9.17, 15) is 4.79 Å². The number of hydrogen-bond acceptors (Lipinski definition) is 4. The summed E-state index contributed by atoms with van der Waals surface area (Å²) in [5, 5.41) is 0. The molecule has 0 heterocycles. The largest absolute Gasteiger partial charge is 0.494 e. The van der Waals surface area contributed by atoms with Crippen LogP contribution in [0.2, 0.25) is 0 Å². The quantitative estimate of drug-likeness (QED) is 0.126. The highest BCUT2D eigenvalue weighted by Crippen LogP contribution is 2.19. The Morgan fingerprint density at radius 3 is 2.00 bits per heavy atom. The molecule has 0 radical (unpaired) electrons. The van der Waals surface area contributed by atoms with Crippen molar-refractivity contribution >= 4 is 5.97 Å². The van der Waals surface area contributed by atoms with E-state index in [0.29, 0.717) is 24.0 Å². The van der Waals surface area contributed by atoms with Gasteiger partial charge in [0.25, 0.3) is 0 Å². The molecule has 2 aromatic rings. The van der Waals surface area contributed by atoms with Crippen molar-refractivity contribution in [3.8, 4) is 11.5 Å². The summed E-state index contributed by atoms with van der Waals surface area (Å²) < 4.78 is 17.1. The number of carbonyl (C=O) groups is 1. The molecule has 188 valence electrons. The van der Waals surface area contributed by atoms with Gasteiger partial charge in [-0.25, -0.2) is 4.79 Å². The Hall–Kier alpha value is -2.33. The molecular formula is C30H44O4. The highest BCUT2D eigenvalue weighted by molar-refractivity contribution is 5.91. The fraction of sp³-hybridized carbons (Fsp3) is 0.567. The number of ether oxygens (including phenoxy) is 3. The van der Waals surface area contributed by atoms with E-state index in [4.69, 9.17) is 14.2 Å². The van der Waals surface area contributed by atoms with Crippen molar-refractivity contribution in [2.75, 3.05) is 13.2 Å². The second kappa shape index (κ2) is 17.2. The molecule has 0 N–H and O–H groups in total. The minimum Gasteiger partial charge on any atom is -0.494 e. The van der Waals surface area contributed by atoms with Crippen molar-refractivity contribution in [1.82, 2.24) is 0 Å². The molecule has 0 bridgehead atoms. The first kappa shape index (κ1) is 27.9. The Balaban J connectivity index is 1.65. The fourth-order valence-electron chi connectivity index (χ4n) is 3.87. The molecule has 0 saturated heterocycles. The summed E-state index contributed by atoms with van der Waals surface area (Å²) in [5.41, 5.74) is 1.69. The number of unbranched alkanes of at least 4 members (excludes halogenated alkanes) is 7. The zero-order valence-corrected chi connectivity index (χ0v) is 21.5. The normalized spacial score (nSPS) is 11.9. The van der Waals surface area contributed by atoms with E-state index in [1.807, 2.05) is 36.4 Å². The Morgan fingerprint density at radius 2 is 1.35 bits per heavy atom. The first-order valence-corrected chi connectivity index (χ1v) is 13.3. The van der Waals surface area contributed by atoms with Gasteiger partial charge in [-0.1, -0.05) is 77.3 Å². The fourth-order valence-corrected chi connectivity index (χ4v) is 3.87. The van der Waals surface area contributed by atoms with E-state index in [0.717, 1.165) is 43.6 Å². The van der Waals surface area contributed by atoms with Crippen LogP contribution in [-0.2, 0) is 11.2 Å². The number of hydrogen-bond donors (Lipinski definition) is 0. The average molecular weight is 469 g/mol. The summed E-state index contributed by atoms with van der Waals surface area (Å²) in [5.74, 6) is 0.973. The number of carbonyl (C=O) groups excluding carboxylic acids is 1. The van der Waals surface area contributed by atoms with Crippen molar-refractivity contribution in [3.05, 3.63) is 59.7 Å². The van der Waals surface area contributed by atoms with Gasteiger partial charge >= 0.3 is 5.97 Å². The molecule has 4 nitrogen and oxygen atoms in total. The maximum atomic E-state index is 12.5. The number of rotatable bonds is 18. The lowest BCUT2D eigenvalue weighted by atomic mass is 10.1. The molecule has 0 saturated carbocycles. The molecule has 0 aliphatic rings. The zero-order valence-electron chi connectivity index (χ0n) is 21.5. The van der Waals surface area contributed by atoms with Crippen LogP contribution >= 0.6 is 0 Å². The van der Waals surface area contributed by atoms with Crippen molar-refractivity contribution in [2.45, 2.75) is 97.5 Å². The zero-order chi connectivity index (χ0) is 24.4. The van der Waals surface area contributed by atoms with E-state index in [-0.39, 0.29) is 5.97 Å². The molecule has 2 rings (SSSR count). The van der Waals surface area contributed by atoms with Crippen LogP contribution < -0.4 is 9.47 Å². The maximum absolute atomic E-state index is 12.5. The highest BCUT2D eigenvalue weighted by Gasteiger charge is 2.09. The SMILES string of the molecule is CCCCCCCCCCOc1ccc(OC(=O)c2ccc(CCOC(C)CCC)cc2)cc1. The van der Waals surface area contributed by atoms with E-state index < -0.39 is 0 Å². The highest BCUT2D eigenvalue weighted by atomic mass is 16.5. The molecule has 0 fully saturated rings. The Labute approximate surface area is 207 Å². The third-order valence-corrected chi connectivity index (χ3v) is 5.98. The molecule has 1 atom stereocenters. The van der Waals surface area contributed by atoms with Gasteiger partial charge < -0.3 is 14.2 Å². The standard InChI is InChI=1S/C30H44O4/c1-4-6-7-8-9-10-11-12-23-33-28-18-20-29(21-19-28)34-30(31)27-16-14-26(15-17-27)22-24-32-25(3)13-5-2/h14-21,25H,4-13,22-24H2,1-3H3. The van der Waals surface area contributed by atoms with Crippen LogP contribution in [0.4, 0.5) is 0 Å². The Kier molecular flexibility index (Phi) is 14.1. The predicted molar refractivity (Wildman–Crippen MR) is 140 cm³/mol. The summed E-state index contributed by atoms with van der Waals surface area (Å²) in [7, 11) is 0. The van der Waals surface area contributed by atoms with Gasteiger partial charge in [-0.15, -0.1) is 0 Å². The summed E-state index contributed by atoms with van der Waals surface area (Å²) in [6.07, 6.45) is 13.6. The first-order chi connectivity index (χ1) is 16.6. The van der Waals surface area contributed by atoms with Crippen LogP contribution in [0.3, 0.4) is 0 Å². The van der Waals surface area contributed by atoms with Gasteiger partial charge in [-0.2, -0.15) is 0 Å². The molecule has 4 heteroatoms. The lowest BCUT2D eigenvalue weighted by Gasteiger charge is -2.12. The third kappa shape index (κ3) is 11.7. The minimum absolute atomic E-state index is 0.293. The van der Waals surface area contributed by atoms with Crippen LogP contribution in [0.25, 0.3) is 0 Å². The van der Waals surface area contributed by atoms with Crippen molar-refractivity contribution in [3.63, 3.8) is 0 Å². The predicted octanol–water partition coefficient (Wildman–Crippen LogP) is 8.17. The Morgan fingerprint density at radius 1 is 0.735 bits per heavy atom. The second-order valence-electron chi connectivity index (χ2n) is 9.10. The van der Waals surface area contributed by atoms with Crippen LogP contribution in [-0.4, -0.2) is 25.3 Å². The second-order valence-corrected chi connectivity index (χ2v) is 9.10. The molecule has 0 aliphatic carbocycles. The Bertz CT molecular complexity index is 782. The smallest absolute Gasteiger partial charge is 0.343 e. The monoisotopic (exact) mass is 468 g/mol. The summed E-state index contributed by atoms with van der Waals surface area (Å²) in [6.45, 7) is 7.94. The number of benzene rings is 2. The van der Waals surface area contributed by atoms with E-state index in [1.165, 1.54) is 44.9 Å². The van der Waals surface area contributed by atoms with Crippen molar-refractivity contribution in [1.29, 1.82) is 0 Å². The average Bonchev–Trinajstić information content (AvgIpc) is 2.84. The van der Waals surface area contributed by atoms with Gasteiger partial charge in [0.15, 0.2) is 0 Å². The van der Waals surface area contributed by atoms with Crippen LogP contribution in [0.15, 0.2) is 48.5 Å². The molecule has 34 heavy (non-hydrogen) atoms. The summed E-state index contributed by atoms with van der Waals surface area (Å²) in [6, 6.07) is 14.8. The van der Waals surface area contributed by atoms with Crippen molar-refractivity contribution in [2.24, 2.45) is 0 Å². The van der Waals surface area contributed by atoms with Crippen LogP contribution in [0.5, 0.6) is 11.5 Å². The van der Waals surface area contributed by atoms with Crippen LogP contribution in [0, 0.1) is 0 Å². The lowest BCUT2D eigenvalue weighted by Crippen LogP contribution is -2.11. The van der Waals surface area contributed by atoms with Crippen LogP contribution in [0.1, 0.15) is 101 Å². The molecule has 1 unspecified atom stereocenters. The maximum Gasteiger partial charge on any atom is 0.343 e. The molecule has 2 aromatic carbocycles. The van der Waals surface area contributed by atoms with Gasteiger partial charge in [0.1, 0.15) is 11.5 Å². The number of esters is 1. The molecule has 0 amide bonds. The minimum atomic E-state index is -0.355.